The second kappa shape index (κ2) is 4.72. The van der Waals surface area contributed by atoms with Gasteiger partial charge in [0.25, 0.3) is 0 Å². The smallest absolute Gasteiger partial charge is 0.133 e. The summed E-state index contributed by atoms with van der Waals surface area (Å²) in [5.41, 5.74) is 7.93. The zero-order chi connectivity index (χ0) is 12.4. The molecule has 0 amide bonds. The zero-order valence-electron chi connectivity index (χ0n) is 10.6. The molecule has 3 heteroatoms. The van der Waals surface area contributed by atoms with Crippen molar-refractivity contribution in [3.63, 3.8) is 0 Å². The Morgan fingerprint density at radius 3 is 2.65 bits per heavy atom. The van der Waals surface area contributed by atoms with Gasteiger partial charge in [0.1, 0.15) is 5.82 Å². The summed E-state index contributed by atoms with van der Waals surface area (Å²) in [6.07, 6.45) is 0. The summed E-state index contributed by atoms with van der Waals surface area (Å²) in [5, 5.41) is 1.15. The van der Waals surface area contributed by atoms with Crippen molar-refractivity contribution in [2.75, 3.05) is 11.9 Å². The third-order valence-corrected chi connectivity index (χ3v) is 3.11. The van der Waals surface area contributed by atoms with Gasteiger partial charge in [-0.2, -0.15) is 0 Å². The summed E-state index contributed by atoms with van der Waals surface area (Å²) in [6.45, 7) is 4.82. The van der Waals surface area contributed by atoms with Gasteiger partial charge < -0.3 is 10.6 Å². The van der Waals surface area contributed by atoms with Crippen LogP contribution in [0.2, 0.25) is 0 Å². The highest BCUT2D eigenvalue weighted by atomic mass is 15.2. The molecule has 90 valence electrons. The average molecular weight is 229 g/mol. The van der Waals surface area contributed by atoms with Gasteiger partial charge in [-0.1, -0.05) is 18.2 Å². The molecular formula is C14H19N3. The van der Waals surface area contributed by atoms with E-state index in [0.29, 0.717) is 12.6 Å². The first-order chi connectivity index (χ1) is 8.13. The van der Waals surface area contributed by atoms with Crippen molar-refractivity contribution in [2.24, 2.45) is 5.73 Å². The molecule has 1 aromatic heterocycles. The summed E-state index contributed by atoms with van der Waals surface area (Å²) in [5.74, 6) is 0.987. The highest BCUT2D eigenvalue weighted by Crippen LogP contribution is 2.23. The zero-order valence-corrected chi connectivity index (χ0v) is 10.6. The van der Waals surface area contributed by atoms with Gasteiger partial charge in [-0.05, 0) is 26.0 Å². The van der Waals surface area contributed by atoms with Crippen LogP contribution in [0.25, 0.3) is 10.9 Å². The van der Waals surface area contributed by atoms with Crippen molar-refractivity contribution in [2.45, 2.75) is 26.4 Å². The van der Waals surface area contributed by atoms with Gasteiger partial charge in [0.15, 0.2) is 0 Å². The van der Waals surface area contributed by atoms with Crippen LogP contribution in [0.3, 0.4) is 0 Å². The number of pyridine rings is 1. The molecule has 17 heavy (non-hydrogen) atoms. The minimum absolute atomic E-state index is 0.411. The molecule has 2 aromatic rings. The Kier molecular flexibility index (Phi) is 3.29. The predicted molar refractivity (Wildman–Crippen MR) is 73.2 cm³/mol. The molecule has 0 aliphatic carbocycles. The molecule has 3 nitrogen and oxygen atoms in total. The van der Waals surface area contributed by atoms with E-state index in [1.54, 1.807) is 0 Å². The van der Waals surface area contributed by atoms with E-state index in [9.17, 15) is 0 Å². The maximum atomic E-state index is 5.81. The topological polar surface area (TPSA) is 42.2 Å². The van der Waals surface area contributed by atoms with E-state index in [2.05, 4.69) is 37.9 Å². The molecule has 1 aromatic carbocycles. The number of rotatable bonds is 3. The van der Waals surface area contributed by atoms with Crippen LogP contribution >= 0.6 is 0 Å². The molecule has 0 aliphatic heterocycles. The molecule has 0 spiro atoms. The Labute approximate surface area is 102 Å². The van der Waals surface area contributed by atoms with Crippen molar-refractivity contribution in [1.29, 1.82) is 0 Å². The van der Waals surface area contributed by atoms with E-state index in [1.807, 2.05) is 18.2 Å². The average Bonchev–Trinajstić information content (AvgIpc) is 2.36. The number of anilines is 1. The Hall–Kier alpha value is -1.61. The number of para-hydroxylation sites is 1. The largest absolute Gasteiger partial charge is 0.357 e. The Balaban J connectivity index is 2.60. The minimum Gasteiger partial charge on any atom is -0.357 e. The molecule has 0 saturated carbocycles. The van der Waals surface area contributed by atoms with Crippen LogP contribution in [-0.4, -0.2) is 18.1 Å². The molecule has 0 atom stereocenters. The number of nitrogens with two attached hydrogens (primary N) is 1. The molecule has 0 radical (unpaired) electrons. The van der Waals surface area contributed by atoms with Crippen molar-refractivity contribution in [3.05, 3.63) is 35.9 Å². The van der Waals surface area contributed by atoms with Gasteiger partial charge in [0.2, 0.25) is 0 Å². The van der Waals surface area contributed by atoms with Gasteiger partial charge >= 0.3 is 0 Å². The lowest BCUT2D eigenvalue weighted by Gasteiger charge is -2.25. The molecule has 0 saturated heterocycles. The van der Waals surface area contributed by atoms with E-state index >= 15 is 0 Å². The van der Waals surface area contributed by atoms with Crippen LogP contribution in [0.1, 0.15) is 19.4 Å². The summed E-state index contributed by atoms with van der Waals surface area (Å²) in [6, 6.07) is 10.7. The quantitative estimate of drug-likeness (QED) is 0.879. The number of nitrogens with zero attached hydrogens (tertiary/aromatic N) is 2. The van der Waals surface area contributed by atoms with E-state index < -0.39 is 0 Å². The van der Waals surface area contributed by atoms with Gasteiger partial charge in [-0.3, -0.25) is 0 Å². The van der Waals surface area contributed by atoms with E-state index in [-0.39, 0.29) is 0 Å². The van der Waals surface area contributed by atoms with E-state index in [1.165, 1.54) is 0 Å². The number of benzene rings is 1. The first kappa shape index (κ1) is 11.9. The lowest BCUT2D eigenvalue weighted by Crippen LogP contribution is -2.28. The Bertz CT molecular complexity index is 520. The van der Waals surface area contributed by atoms with Crippen molar-refractivity contribution in [3.8, 4) is 0 Å². The highest BCUT2D eigenvalue weighted by molar-refractivity contribution is 5.81. The molecule has 1 heterocycles. The molecule has 0 bridgehead atoms. The first-order valence-electron chi connectivity index (χ1n) is 5.95. The van der Waals surface area contributed by atoms with Gasteiger partial charge in [-0.25, -0.2) is 4.98 Å². The van der Waals surface area contributed by atoms with Gasteiger partial charge in [0, 0.05) is 30.6 Å². The summed E-state index contributed by atoms with van der Waals surface area (Å²) in [4.78, 5) is 6.87. The lowest BCUT2D eigenvalue weighted by atomic mass is 10.1. The summed E-state index contributed by atoms with van der Waals surface area (Å²) < 4.78 is 0. The molecule has 2 N–H and O–H groups in total. The van der Waals surface area contributed by atoms with E-state index in [0.717, 1.165) is 22.3 Å². The molecule has 2 rings (SSSR count). The number of hydrogen-bond donors (Lipinski definition) is 1. The fourth-order valence-corrected chi connectivity index (χ4v) is 1.85. The normalized spacial score (nSPS) is 11.1. The van der Waals surface area contributed by atoms with Gasteiger partial charge in [-0.15, -0.1) is 0 Å². The van der Waals surface area contributed by atoms with Crippen LogP contribution in [0.4, 0.5) is 5.82 Å². The van der Waals surface area contributed by atoms with E-state index in [4.69, 9.17) is 10.7 Å². The molecule has 0 unspecified atom stereocenters. The third kappa shape index (κ3) is 2.24. The van der Waals surface area contributed by atoms with Crippen molar-refractivity contribution >= 4 is 16.7 Å². The van der Waals surface area contributed by atoms with Crippen molar-refractivity contribution < 1.29 is 0 Å². The predicted octanol–water partition coefficient (Wildman–Crippen LogP) is 2.54. The second-order valence-electron chi connectivity index (χ2n) is 4.57. The summed E-state index contributed by atoms with van der Waals surface area (Å²) in [7, 11) is 2.06. The monoisotopic (exact) mass is 229 g/mol. The number of fused-ring (bicyclic) bond motifs is 1. The number of hydrogen-bond acceptors (Lipinski definition) is 3. The van der Waals surface area contributed by atoms with Crippen LogP contribution in [0, 0.1) is 0 Å². The maximum Gasteiger partial charge on any atom is 0.133 e. The SMILES string of the molecule is CC(C)N(C)c1nc2ccccc2cc1CN. The van der Waals surface area contributed by atoms with Crippen LogP contribution in [0.5, 0.6) is 0 Å². The van der Waals surface area contributed by atoms with Crippen LogP contribution in [-0.2, 0) is 6.54 Å². The Morgan fingerprint density at radius 2 is 2.00 bits per heavy atom. The fourth-order valence-electron chi connectivity index (χ4n) is 1.85. The summed E-state index contributed by atoms with van der Waals surface area (Å²) >= 11 is 0. The van der Waals surface area contributed by atoms with Crippen LogP contribution in [0.15, 0.2) is 30.3 Å². The standard InChI is InChI=1S/C14H19N3/c1-10(2)17(3)14-12(9-15)8-11-6-4-5-7-13(11)16-14/h4-8,10H,9,15H2,1-3H3. The Morgan fingerprint density at radius 1 is 1.29 bits per heavy atom. The fraction of sp³-hybridized carbons (Fsp3) is 0.357. The number of aromatic nitrogens is 1. The first-order valence-corrected chi connectivity index (χ1v) is 5.95. The molecule has 0 aliphatic rings. The van der Waals surface area contributed by atoms with Crippen LogP contribution < -0.4 is 10.6 Å². The van der Waals surface area contributed by atoms with Gasteiger partial charge in [0.05, 0.1) is 5.52 Å². The minimum atomic E-state index is 0.411. The maximum absolute atomic E-state index is 5.81. The highest BCUT2D eigenvalue weighted by Gasteiger charge is 2.12. The molecular weight excluding hydrogens is 210 g/mol. The second-order valence-corrected chi connectivity index (χ2v) is 4.57. The lowest BCUT2D eigenvalue weighted by molar-refractivity contribution is 0.739. The third-order valence-electron chi connectivity index (χ3n) is 3.11. The molecule has 0 fully saturated rings. The van der Waals surface area contributed by atoms with Crippen molar-refractivity contribution in [1.82, 2.24) is 4.98 Å².